The molecule has 5 rings (SSSR count). The Kier molecular flexibility index (Phi) is 7.06. The molecule has 0 saturated carbocycles. The van der Waals surface area contributed by atoms with Gasteiger partial charge in [0.25, 0.3) is 0 Å². The first-order chi connectivity index (χ1) is 17.8. The predicted octanol–water partition coefficient (Wildman–Crippen LogP) is 4.19. The minimum Gasteiger partial charge on any atom is -0.477 e. The van der Waals surface area contributed by atoms with E-state index >= 15 is 0 Å². The summed E-state index contributed by atoms with van der Waals surface area (Å²) in [6, 6.07) is 14.6. The number of aromatic carboxylic acids is 1. The summed E-state index contributed by atoms with van der Waals surface area (Å²) in [5, 5.41) is 10.8. The fraction of sp³-hybridized carbons (Fsp3) is 0.333. The molecule has 3 aromatic rings. The van der Waals surface area contributed by atoms with Crippen LogP contribution in [-0.4, -0.2) is 53.3 Å². The van der Waals surface area contributed by atoms with Crippen LogP contribution in [0.1, 0.15) is 36.2 Å². The van der Waals surface area contributed by atoms with Crippen molar-refractivity contribution in [2.45, 2.75) is 32.2 Å². The summed E-state index contributed by atoms with van der Waals surface area (Å²) in [6.07, 6.45) is 9.51. The van der Waals surface area contributed by atoms with Crippen LogP contribution >= 0.6 is 9.24 Å². The van der Waals surface area contributed by atoms with Crippen LogP contribution in [0.15, 0.2) is 77.3 Å². The molecule has 1 aliphatic heterocycles. The van der Waals surface area contributed by atoms with Crippen molar-refractivity contribution in [1.29, 1.82) is 0 Å². The predicted molar refractivity (Wildman–Crippen MR) is 154 cm³/mol. The van der Waals surface area contributed by atoms with E-state index in [2.05, 4.69) is 74.5 Å². The number of pyridine rings is 1. The van der Waals surface area contributed by atoms with Crippen LogP contribution in [0.25, 0.3) is 10.9 Å². The van der Waals surface area contributed by atoms with Crippen molar-refractivity contribution in [1.82, 2.24) is 9.47 Å². The zero-order valence-corrected chi connectivity index (χ0v) is 22.6. The fourth-order valence-electron chi connectivity index (χ4n) is 5.46. The van der Waals surface area contributed by atoms with E-state index in [4.69, 9.17) is 0 Å². The molecule has 2 atom stereocenters. The Balaban J connectivity index is 1.28. The maximum Gasteiger partial charge on any atom is 0.341 e. The van der Waals surface area contributed by atoms with E-state index in [0.29, 0.717) is 11.9 Å². The third-order valence-corrected chi connectivity index (χ3v) is 8.27. The zero-order valence-electron chi connectivity index (χ0n) is 21.5. The highest BCUT2D eigenvalue weighted by Gasteiger charge is 2.26. The van der Waals surface area contributed by atoms with Crippen molar-refractivity contribution in [2.24, 2.45) is 0 Å². The molecule has 192 valence electrons. The lowest BCUT2D eigenvalue weighted by Gasteiger charge is -2.37. The highest BCUT2D eigenvalue weighted by molar-refractivity contribution is 7.28. The molecule has 1 N–H and O–H groups in total. The first kappa shape index (κ1) is 25.4. The van der Waals surface area contributed by atoms with Crippen molar-refractivity contribution in [2.75, 3.05) is 37.6 Å². The molecule has 2 unspecified atom stereocenters. The number of hydrogen-bond acceptors (Lipinski definition) is 4. The molecule has 0 amide bonds. The molecule has 0 bridgehead atoms. The first-order valence-electron chi connectivity index (χ1n) is 12.9. The van der Waals surface area contributed by atoms with Crippen LogP contribution in [0.2, 0.25) is 0 Å². The Morgan fingerprint density at radius 1 is 1.11 bits per heavy atom. The highest BCUT2D eigenvalue weighted by Crippen LogP contribution is 2.33. The quantitative estimate of drug-likeness (QED) is 0.499. The minimum absolute atomic E-state index is 0.0548. The van der Waals surface area contributed by atoms with Gasteiger partial charge in [-0.1, -0.05) is 55.5 Å². The average molecular weight is 516 g/mol. The normalized spacial score (nSPS) is 20.3. The second kappa shape index (κ2) is 10.3. The average Bonchev–Trinajstić information content (AvgIpc) is 2.91. The number of nitrogens with zero attached hydrogens (tertiary/aromatic N) is 3. The van der Waals surface area contributed by atoms with Crippen LogP contribution in [0.5, 0.6) is 0 Å². The molecule has 1 aromatic heterocycles. The van der Waals surface area contributed by atoms with Gasteiger partial charge in [0.2, 0.25) is 5.43 Å². The number of piperazine rings is 1. The number of rotatable bonds is 6. The maximum absolute atomic E-state index is 12.8. The summed E-state index contributed by atoms with van der Waals surface area (Å²) in [6.45, 7) is 9.52. The van der Waals surface area contributed by atoms with Crippen molar-refractivity contribution >= 4 is 37.1 Å². The van der Waals surface area contributed by atoms with E-state index in [0.717, 1.165) is 55.7 Å². The molecule has 1 fully saturated rings. The zero-order chi connectivity index (χ0) is 26.2. The van der Waals surface area contributed by atoms with Gasteiger partial charge in [0.15, 0.2) is 0 Å². The third-order valence-electron chi connectivity index (χ3n) is 7.81. The molecule has 2 aromatic carbocycles. The third kappa shape index (κ3) is 5.01. The smallest absolute Gasteiger partial charge is 0.341 e. The number of anilines is 1. The van der Waals surface area contributed by atoms with Gasteiger partial charge in [0.05, 0.1) is 5.52 Å². The Hall–Kier alpha value is -3.21. The van der Waals surface area contributed by atoms with Gasteiger partial charge in [-0.15, -0.1) is 9.24 Å². The number of carbonyl (C=O) groups is 1. The van der Waals surface area contributed by atoms with Gasteiger partial charge in [-0.05, 0) is 41.9 Å². The summed E-state index contributed by atoms with van der Waals surface area (Å²) in [5.41, 5.74) is 4.03. The largest absolute Gasteiger partial charge is 0.477 e. The van der Waals surface area contributed by atoms with Gasteiger partial charge in [-0.2, -0.15) is 0 Å². The minimum atomic E-state index is -1.19. The van der Waals surface area contributed by atoms with E-state index in [1.807, 2.05) is 23.6 Å². The SMILES string of the molecule is CCn1cc(C(=O)O)c(=O)c2cc(P)c(N3CCN(CC4=CCC(C)(c5ccccc5)C=C4)CC3)cc21. The molecule has 6 nitrogen and oxygen atoms in total. The number of carboxylic acids is 1. The summed E-state index contributed by atoms with van der Waals surface area (Å²) in [5.74, 6) is -1.19. The molecule has 2 heterocycles. The molecule has 37 heavy (non-hydrogen) atoms. The molecular weight excluding hydrogens is 481 g/mol. The lowest BCUT2D eigenvalue weighted by molar-refractivity contribution is 0.0695. The second-order valence-electron chi connectivity index (χ2n) is 10.3. The Bertz CT molecular complexity index is 1450. The van der Waals surface area contributed by atoms with E-state index in [1.54, 1.807) is 0 Å². The number of fused-ring (bicyclic) bond motifs is 1. The van der Waals surface area contributed by atoms with Crippen LogP contribution in [0.4, 0.5) is 5.69 Å². The van der Waals surface area contributed by atoms with E-state index in [1.165, 1.54) is 17.3 Å². The van der Waals surface area contributed by atoms with Crippen LogP contribution in [0, 0.1) is 0 Å². The van der Waals surface area contributed by atoms with Crippen LogP contribution in [-0.2, 0) is 12.0 Å². The molecule has 0 spiro atoms. The summed E-state index contributed by atoms with van der Waals surface area (Å²) < 4.78 is 1.86. The highest BCUT2D eigenvalue weighted by atomic mass is 31.0. The summed E-state index contributed by atoms with van der Waals surface area (Å²) in [7, 11) is 2.74. The van der Waals surface area contributed by atoms with Gasteiger partial charge < -0.3 is 14.6 Å². The molecule has 2 aliphatic rings. The molecule has 1 aliphatic carbocycles. The number of benzene rings is 2. The lowest BCUT2D eigenvalue weighted by atomic mass is 9.76. The van der Waals surface area contributed by atoms with Gasteiger partial charge in [-0.25, -0.2) is 4.79 Å². The van der Waals surface area contributed by atoms with Crippen LogP contribution in [0.3, 0.4) is 0 Å². The van der Waals surface area contributed by atoms with Crippen molar-refractivity contribution < 1.29 is 9.90 Å². The number of allylic oxidation sites excluding steroid dienone is 2. The second-order valence-corrected chi connectivity index (χ2v) is 10.9. The topological polar surface area (TPSA) is 65.8 Å². The lowest BCUT2D eigenvalue weighted by Crippen LogP contribution is -2.47. The van der Waals surface area contributed by atoms with Crippen molar-refractivity contribution in [3.63, 3.8) is 0 Å². The number of hydrogen-bond donors (Lipinski definition) is 1. The molecule has 0 radical (unpaired) electrons. The molecular formula is C30H34N3O3P. The maximum atomic E-state index is 12.8. The first-order valence-corrected chi connectivity index (χ1v) is 13.5. The van der Waals surface area contributed by atoms with Crippen LogP contribution < -0.4 is 15.6 Å². The van der Waals surface area contributed by atoms with E-state index < -0.39 is 11.4 Å². The Labute approximate surface area is 220 Å². The Morgan fingerprint density at radius 3 is 2.46 bits per heavy atom. The Morgan fingerprint density at radius 2 is 1.84 bits per heavy atom. The van der Waals surface area contributed by atoms with Gasteiger partial charge >= 0.3 is 5.97 Å². The molecule has 1 saturated heterocycles. The monoisotopic (exact) mass is 515 g/mol. The summed E-state index contributed by atoms with van der Waals surface area (Å²) >= 11 is 0. The standard InChI is InChI=1S/C30H34N3O3P/c1-3-32-20-24(29(35)36)28(34)23-17-27(37)26(18-25(23)32)33-15-13-31(14-16-33)19-21-9-11-30(2,12-10-21)22-7-5-4-6-8-22/h4-11,17-18,20H,3,12-16,19,37H2,1-2H3,(H,35,36). The number of carboxylic acid groups (broad SMARTS) is 1. The van der Waals surface area contributed by atoms with E-state index in [9.17, 15) is 14.7 Å². The number of aromatic nitrogens is 1. The van der Waals surface area contributed by atoms with Gasteiger partial charge in [0, 0.05) is 62.0 Å². The molecule has 7 heteroatoms. The van der Waals surface area contributed by atoms with Gasteiger partial charge in [-0.3, -0.25) is 9.69 Å². The van der Waals surface area contributed by atoms with E-state index in [-0.39, 0.29) is 11.0 Å². The number of aryl methyl sites for hydroxylation is 1. The van der Waals surface area contributed by atoms with Gasteiger partial charge in [0.1, 0.15) is 5.56 Å². The van der Waals surface area contributed by atoms with Crippen molar-refractivity contribution in [3.05, 3.63) is 93.8 Å². The fourth-order valence-corrected chi connectivity index (χ4v) is 5.89. The van der Waals surface area contributed by atoms with Crippen molar-refractivity contribution in [3.8, 4) is 0 Å². The summed E-state index contributed by atoms with van der Waals surface area (Å²) in [4.78, 5) is 29.2.